The molecular formula is C12H24N4O. The molecule has 17 heavy (non-hydrogen) atoms. The summed E-state index contributed by atoms with van der Waals surface area (Å²) in [6.07, 6.45) is 0.988. The van der Waals surface area contributed by atoms with E-state index in [2.05, 4.69) is 48.1 Å². The minimum atomic E-state index is 0.275. The fourth-order valence-corrected chi connectivity index (χ4v) is 1.96. The number of nitrogens with one attached hydrogen (secondary N) is 1. The van der Waals surface area contributed by atoms with Gasteiger partial charge in [0, 0.05) is 19.1 Å². The Kier molecular flexibility index (Phi) is 5.41. The molecular weight excluding hydrogens is 216 g/mol. The van der Waals surface area contributed by atoms with Crippen LogP contribution in [-0.2, 0) is 0 Å². The van der Waals surface area contributed by atoms with Crippen molar-refractivity contribution in [2.75, 3.05) is 25.0 Å². The number of hydrogen-bond acceptors (Lipinski definition) is 5. The zero-order valence-corrected chi connectivity index (χ0v) is 11.5. The van der Waals surface area contributed by atoms with Crippen LogP contribution in [0.25, 0.3) is 0 Å². The van der Waals surface area contributed by atoms with Gasteiger partial charge >= 0.3 is 0 Å². The first-order valence-corrected chi connectivity index (χ1v) is 6.43. The summed E-state index contributed by atoms with van der Waals surface area (Å²) in [6.45, 7) is 10.2. The molecule has 0 spiro atoms. The second kappa shape index (κ2) is 6.59. The van der Waals surface area contributed by atoms with Crippen LogP contribution in [0.15, 0.2) is 4.52 Å². The second-order valence-electron chi connectivity index (χ2n) is 4.20. The Hall–Kier alpha value is -1.10. The minimum Gasteiger partial charge on any atom is -0.339 e. The van der Waals surface area contributed by atoms with Gasteiger partial charge in [-0.2, -0.15) is 4.98 Å². The van der Waals surface area contributed by atoms with Crippen molar-refractivity contribution in [3.8, 4) is 0 Å². The van der Waals surface area contributed by atoms with Crippen LogP contribution in [-0.4, -0.2) is 36.3 Å². The van der Waals surface area contributed by atoms with Crippen LogP contribution in [0.2, 0.25) is 0 Å². The van der Waals surface area contributed by atoms with Gasteiger partial charge in [-0.3, -0.25) is 0 Å². The molecule has 5 nitrogen and oxygen atoms in total. The van der Waals surface area contributed by atoms with Crippen molar-refractivity contribution in [1.82, 2.24) is 15.5 Å². The Labute approximate surface area is 104 Å². The zero-order valence-electron chi connectivity index (χ0n) is 11.5. The molecule has 98 valence electrons. The summed E-state index contributed by atoms with van der Waals surface area (Å²) < 4.78 is 5.38. The largest absolute Gasteiger partial charge is 0.339 e. The van der Waals surface area contributed by atoms with E-state index in [1.807, 2.05) is 7.05 Å². The Morgan fingerprint density at radius 2 is 1.94 bits per heavy atom. The van der Waals surface area contributed by atoms with Gasteiger partial charge in [-0.15, -0.1) is 0 Å². The van der Waals surface area contributed by atoms with Crippen molar-refractivity contribution < 1.29 is 4.52 Å². The van der Waals surface area contributed by atoms with Crippen LogP contribution in [0.1, 0.15) is 45.9 Å². The lowest BCUT2D eigenvalue weighted by Gasteiger charge is -2.18. The SMILES string of the molecule is CCC(c1nc(N(CC)CC)no1)C(C)NC. The van der Waals surface area contributed by atoms with E-state index in [1.54, 1.807) is 0 Å². The second-order valence-corrected chi connectivity index (χ2v) is 4.20. The van der Waals surface area contributed by atoms with Gasteiger partial charge in [0.15, 0.2) is 0 Å². The number of nitrogens with zero attached hydrogens (tertiary/aromatic N) is 3. The molecule has 1 aromatic heterocycles. The van der Waals surface area contributed by atoms with Crippen LogP contribution in [0.4, 0.5) is 5.95 Å². The van der Waals surface area contributed by atoms with E-state index < -0.39 is 0 Å². The molecule has 1 rings (SSSR count). The van der Waals surface area contributed by atoms with Gasteiger partial charge in [-0.25, -0.2) is 0 Å². The fraction of sp³-hybridized carbons (Fsp3) is 0.833. The Balaban J connectivity index is 2.85. The molecule has 0 saturated heterocycles. The number of hydrogen-bond donors (Lipinski definition) is 1. The number of anilines is 1. The quantitative estimate of drug-likeness (QED) is 0.790. The molecule has 0 bridgehead atoms. The van der Waals surface area contributed by atoms with E-state index in [0.717, 1.165) is 25.4 Å². The third-order valence-corrected chi connectivity index (χ3v) is 3.29. The van der Waals surface area contributed by atoms with E-state index in [1.165, 1.54) is 0 Å². The maximum Gasteiger partial charge on any atom is 0.266 e. The highest BCUT2D eigenvalue weighted by Crippen LogP contribution is 2.23. The van der Waals surface area contributed by atoms with E-state index >= 15 is 0 Å². The highest BCUT2D eigenvalue weighted by molar-refractivity contribution is 5.27. The summed E-state index contributed by atoms with van der Waals surface area (Å²) in [5, 5.41) is 7.30. The molecule has 0 aliphatic heterocycles. The third-order valence-electron chi connectivity index (χ3n) is 3.29. The average molecular weight is 240 g/mol. The predicted molar refractivity (Wildman–Crippen MR) is 69.4 cm³/mol. The van der Waals surface area contributed by atoms with Crippen LogP contribution in [0, 0.1) is 0 Å². The van der Waals surface area contributed by atoms with Gasteiger partial charge in [-0.05, 0) is 39.4 Å². The zero-order chi connectivity index (χ0) is 12.8. The van der Waals surface area contributed by atoms with Crippen molar-refractivity contribution in [3.05, 3.63) is 5.89 Å². The number of likely N-dealkylation sites (N-methyl/N-ethyl adjacent to an activating group) is 1. The Morgan fingerprint density at radius 3 is 2.41 bits per heavy atom. The molecule has 1 aromatic rings. The topological polar surface area (TPSA) is 54.2 Å². The van der Waals surface area contributed by atoms with E-state index in [0.29, 0.717) is 12.0 Å². The van der Waals surface area contributed by atoms with Gasteiger partial charge in [-0.1, -0.05) is 6.92 Å². The lowest BCUT2D eigenvalue weighted by Crippen LogP contribution is -2.29. The van der Waals surface area contributed by atoms with Gasteiger partial charge in [0.2, 0.25) is 5.89 Å². The average Bonchev–Trinajstić information content (AvgIpc) is 2.81. The molecule has 0 aromatic carbocycles. The summed E-state index contributed by atoms with van der Waals surface area (Å²) in [5.74, 6) is 1.71. The molecule has 2 unspecified atom stereocenters. The monoisotopic (exact) mass is 240 g/mol. The smallest absolute Gasteiger partial charge is 0.266 e. The third kappa shape index (κ3) is 3.19. The summed E-state index contributed by atoms with van der Waals surface area (Å²) >= 11 is 0. The van der Waals surface area contributed by atoms with Gasteiger partial charge < -0.3 is 14.7 Å². The highest BCUT2D eigenvalue weighted by Gasteiger charge is 2.23. The maximum absolute atomic E-state index is 5.38. The Bertz CT molecular complexity index is 322. The van der Waals surface area contributed by atoms with Crippen LogP contribution in [0.5, 0.6) is 0 Å². The first-order chi connectivity index (χ1) is 8.17. The van der Waals surface area contributed by atoms with Crippen molar-refractivity contribution >= 4 is 5.95 Å². The van der Waals surface area contributed by atoms with Gasteiger partial charge in [0.25, 0.3) is 5.95 Å². The molecule has 0 aliphatic carbocycles. The van der Waals surface area contributed by atoms with E-state index in [4.69, 9.17) is 4.52 Å². The lowest BCUT2D eigenvalue weighted by atomic mass is 9.98. The summed E-state index contributed by atoms with van der Waals surface area (Å²) in [5.41, 5.74) is 0. The molecule has 1 N–H and O–H groups in total. The summed E-state index contributed by atoms with van der Waals surface area (Å²) in [7, 11) is 1.95. The standard InChI is InChI=1S/C12H24N4O/c1-6-10(9(4)13-5)11-14-12(15-17-11)16(7-2)8-3/h9-10,13H,6-8H2,1-5H3. The maximum atomic E-state index is 5.38. The minimum absolute atomic E-state index is 0.275. The first kappa shape index (κ1) is 14.0. The van der Waals surface area contributed by atoms with Crippen molar-refractivity contribution in [2.45, 2.75) is 46.1 Å². The molecule has 0 aliphatic rings. The molecule has 0 fully saturated rings. The van der Waals surface area contributed by atoms with Crippen LogP contribution < -0.4 is 10.2 Å². The fourth-order valence-electron chi connectivity index (χ4n) is 1.96. The molecule has 0 saturated carbocycles. The molecule has 1 heterocycles. The van der Waals surface area contributed by atoms with E-state index in [-0.39, 0.29) is 5.92 Å². The molecule has 5 heteroatoms. The highest BCUT2D eigenvalue weighted by atomic mass is 16.5. The summed E-state index contributed by atoms with van der Waals surface area (Å²) in [4.78, 5) is 6.59. The van der Waals surface area contributed by atoms with Gasteiger partial charge in [0.1, 0.15) is 0 Å². The first-order valence-electron chi connectivity index (χ1n) is 6.43. The van der Waals surface area contributed by atoms with Crippen molar-refractivity contribution in [1.29, 1.82) is 0 Å². The van der Waals surface area contributed by atoms with E-state index in [9.17, 15) is 0 Å². The summed E-state index contributed by atoms with van der Waals surface area (Å²) in [6, 6.07) is 0.338. The normalized spacial score (nSPS) is 14.6. The van der Waals surface area contributed by atoms with Gasteiger partial charge in [0.05, 0.1) is 5.92 Å². The predicted octanol–water partition coefficient (Wildman–Crippen LogP) is 2.02. The number of rotatable bonds is 7. The van der Waals surface area contributed by atoms with Crippen LogP contribution in [0.3, 0.4) is 0 Å². The molecule has 2 atom stereocenters. The lowest BCUT2D eigenvalue weighted by molar-refractivity contribution is 0.321. The number of aromatic nitrogens is 2. The van der Waals surface area contributed by atoms with Crippen molar-refractivity contribution in [2.24, 2.45) is 0 Å². The molecule has 0 amide bonds. The van der Waals surface area contributed by atoms with Crippen LogP contribution >= 0.6 is 0 Å². The van der Waals surface area contributed by atoms with Crippen molar-refractivity contribution in [3.63, 3.8) is 0 Å². The Morgan fingerprint density at radius 1 is 1.29 bits per heavy atom. The molecule has 0 radical (unpaired) electrons.